The third-order valence-electron chi connectivity index (χ3n) is 2.76. The van der Waals surface area contributed by atoms with Crippen molar-refractivity contribution >= 4 is 0 Å². The van der Waals surface area contributed by atoms with Crippen LogP contribution in [0, 0.1) is 0 Å². The van der Waals surface area contributed by atoms with Crippen molar-refractivity contribution in [3.05, 3.63) is 29.8 Å². The van der Waals surface area contributed by atoms with Gasteiger partial charge in [-0.1, -0.05) is 18.2 Å². The zero-order chi connectivity index (χ0) is 11.9. The average Bonchev–Trinajstić information content (AvgIpc) is 2.40. The van der Waals surface area contributed by atoms with E-state index < -0.39 is 0 Å². The molecule has 4 heteroatoms. The quantitative estimate of drug-likeness (QED) is 0.835. The number of morpholine rings is 1. The molecule has 1 fully saturated rings. The third kappa shape index (κ3) is 3.70. The van der Waals surface area contributed by atoms with Crippen molar-refractivity contribution in [2.75, 3.05) is 33.4 Å². The number of para-hydroxylation sites is 1. The largest absolute Gasteiger partial charge is 0.496 e. The minimum absolute atomic E-state index is 0.165. The maximum absolute atomic E-state index is 5.66. The zero-order valence-corrected chi connectivity index (χ0v) is 10.1. The molecule has 4 nitrogen and oxygen atoms in total. The molecule has 0 spiro atoms. The van der Waals surface area contributed by atoms with Gasteiger partial charge in [0.2, 0.25) is 0 Å². The van der Waals surface area contributed by atoms with E-state index >= 15 is 0 Å². The summed E-state index contributed by atoms with van der Waals surface area (Å²) in [6, 6.07) is 7.90. The second-order valence-electron chi connectivity index (χ2n) is 4.02. The highest BCUT2D eigenvalue weighted by Crippen LogP contribution is 2.18. The van der Waals surface area contributed by atoms with E-state index in [1.54, 1.807) is 7.11 Å². The molecule has 0 aliphatic carbocycles. The number of benzene rings is 1. The van der Waals surface area contributed by atoms with Gasteiger partial charge in [-0.05, 0) is 6.07 Å². The van der Waals surface area contributed by atoms with Crippen LogP contribution in [0.15, 0.2) is 24.3 Å². The first-order valence-corrected chi connectivity index (χ1v) is 5.92. The normalized spacial score (nSPS) is 20.2. The summed E-state index contributed by atoms with van der Waals surface area (Å²) in [5.74, 6) is 0.871. The molecule has 1 aromatic rings. The van der Waals surface area contributed by atoms with Crippen molar-refractivity contribution in [2.45, 2.75) is 12.7 Å². The fraction of sp³-hybridized carbons (Fsp3) is 0.538. The van der Waals surface area contributed by atoms with E-state index in [0.717, 1.165) is 31.0 Å². The molecule has 1 saturated heterocycles. The minimum Gasteiger partial charge on any atom is -0.496 e. The summed E-state index contributed by atoms with van der Waals surface area (Å²) in [7, 11) is 1.67. The number of hydrogen-bond donors (Lipinski definition) is 1. The van der Waals surface area contributed by atoms with Crippen LogP contribution < -0.4 is 10.1 Å². The van der Waals surface area contributed by atoms with Gasteiger partial charge in [-0.2, -0.15) is 0 Å². The summed E-state index contributed by atoms with van der Waals surface area (Å²) >= 11 is 0. The van der Waals surface area contributed by atoms with Crippen molar-refractivity contribution in [2.24, 2.45) is 0 Å². The van der Waals surface area contributed by atoms with E-state index in [2.05, 4.69) is 5.32 Å². The van der Waals surface area contributed by atoms with Crippen LogP contribution in [0.4, 0.5) is 0 Å². The summed E-state index contributed by atoms with van der Waals surface area (Å²) in [4.78, 5) is 0. The van der Waals surface area contributed by atoms with Gasteiger partial charge in [-0.3, -0.25) is 0 Å². The lowest BCUT2D eigenvalue weighted by Gasteiger charge is -2.23. The molecule has 1 aromatic carbocycles. The Balaban J connectivity index is 1.77. The van der Waals surface area contributed by atoms with Crippen molar-refractivity contribution in [1.29, 1.82) is 0 Å². The molecule has 1 N–H and O–H groups in total. The summed E-state index contributed by atoms with van der Waals surface area (Å²) in [5.41, 5.74) is 1.07. The highest BCUT2D eigenvalue weighted by atomic mass is 16.5. The highest BCUT2D eigenvalue weighted by molar-refractivity contribution is 5.32. The first-order valence-electron chi connectivity index (χ1n) is 5.92. The number of nitrogens with one attached hydrogen (secondary N) is 1. The molecule has 0 bridgehead atoms. The van der Waals surface area contributed by atoms with Crippen LogP contribution in [-0.2, 0) is 16.1 Å². The van der Waals surface area contributed by atoms with Crippen LogP contribution in [0.1, 0.15) is 5.56 Å². The Morgan fingerprint density at radius 3 is 3.06 bits per heavy atom. The molecule has 0 amide bonds. The molecular weight excluding hydrogens is 218 g/mol. The molecular formula is C13H19NO3. The van der Waals surface area contributed by atoms with Crippen molar-refractivity contribution < 1.29 is 14.2 Å². The fourth-order valence-electron chi connectivity index (χ4n) is 1.85. The molecule has 0 aromatic heterocycles. The summed E-state index contributed by atoms with van der Waals surface area (Å²) < 4.78 is 16.5. The molecule has 0 saturated carbocycles. The van der Waals surface area contributed by atoms with Gasteiger partial charge in [0.1, 0.15) is 5.75 Å². The lowest BCUT2D eigenvalue weighted by Crippen LogP contribution is -2.40. The predicted molar refractivity (Wildman–Crippen MR) is 65.3 cm³/mol. The topological polar surface area (TPSA) is 39.7 Å². The van der Waals surface area contributed by atoms with E-state index in [-0.39, 0.29) is 6.10 Å². The van der Waals surface area contributed by atoms with E-state index in [4.69, 9.17) is 14.2 Å². The van der Waals surface area contributed by atoms with Gasteiger partial charge in [0, 0.05) is 18.7 Å². The smallest absolute Gasteiger partial charge is 0.124 e. The van der Waals surface area contributed by atoms with E-state index in [0.29, 0.717) is 13.2 Å². The SMILES string of the molecule is COc1ccccc1COCC1CNCCO1. The zero-order valence-electron chi connectivity index (χ0n) is 10.1. The molecule has 1 heterocycles. The first-order chi connectivity index (χ1) is 8.40. The molecule has 1 atom stereocenters. The Bertz CT molecular complexity index is 337. The Kier molecular flexibility index (Phi) is 4.79. The van der Waals surface area contributed by atoms with Crippen molar-refractivity contribution in [3.63, 3.8) is 0 Å². The van der Waals surface area contributed by atoms with E-state index in [9.17, 15) is 0 Å². The van der Waals surface area contributed by atoms with Crippen LogP contribution in [0.25, 0.3) is 0 Å². The lowest BCUT2D eigenvalue weighted by atomic mass is 10.2. The fourth-order valence-corrected chi connectivity index (χ4v) is 1.85. The molecule has 1 aliphatic heterocycles. The molecule has 1 unspecified atom stereocenters. The van der Waals surface area contributed by atoms with Crippen LogP contribution in [0.2, 0.25) is 0 Å². The highest BCUT2D eigenvalue weighted by Gasteiger charge is 2.13. The molecule has 17 heavy (non-hydrogen) atoms. The predicted octanol–water partition coefficient (Wildman–Crippen LogP) is 1.20. The Morgan fingerprint density at radius 2 is 2.29 bits per heavy atom. The van der Waals surface area contributed by atoms with Crippen LogP contribution in [0.5, 0.6) is 5.75 Å². The molecule has 1 aliphatic rings. The van der Waals surface area contributed by atoms with Gasteiger partial charge in [0.25, 0.3) is 0 Å². The van der Waals surface area contributed by atoms with Crippen LogP contribution in [-0.4, -0.2) is 39.5 Å². The van der Waals surface area contributed by atoms with Gasteiger partial charge >= 0.3 is 0 Å². The monoisotopic (exact) mass is 237 g/mol. The Labute approximate surface area is 102 Å². The van der Waals surface area contributed by atoms with E-state index in [1.165, 1.54) is 0 Å². The number of hydrogen-bond acceptors (Lipinski definition) is 4. The van der Waals surface area contributed by atoms with Crippen molar-refractivity contribution in [3.8, 4) is 5.75 Å². The maximum Gasteiger partial charge on any atom is 0.124 e. The molecule has 0 radical (unpaired) electrons. The van der Waals surface area contributed by atoms with Gasteiger partial charge in [-0.25, -0.2) is 0 Å². The minimum atomic E-state index is 0.165. The lowest BCUT2D eigenvalue weighted by molar-refractivity contribution is -0.0360. The van der Waals surface area contributed by atoms with Gasteiger partial charge in [0.05, 0.1) is 33.0 Å². The van der Waals surface area contributed by atoms with Crippen molar-refractivity contribution in [1.82, 2.24) is 5.32 Å². The van der Waals surface area contributed by atoms with Gasteiger partial charge in [0.15, 0.2) is 0 Å². The number of ether oxygens (including phenoxy) is 3. The Hall–Kier alpha value is -1.10. The second kappa shape index (κ2) is 6.59. The maximum atomic E-state index is 5.66. The molecule has 94 valence electrons. The third-order valence-corrected chi connectivity index (χ3v) is 2.76. The second-order valence-corrected chi connectivity index (χ2v) is 4.02. The molecule has 2 rings (SSSR count). The summed E-state index contributed by atoms with van der Waals surface area (Å²) in [6.45, 7) is 3.74. The van der Waals surface area contributed by atoms with Gasteiger partial charge < -0.3 is 19.5 Å². The number of methoxy groups -OCH3 is 1. The first kappa shape index (κ1) is 12.4. The Morgan fingerprint density at radius 1 is 1.41 bits per heavy atom. The van der Waals surface area contributed by atoms with Crippen LogP contribution >= 0.6 is 0 Å². The average molecular weight is 237 g/mol. The summed E-state index contributed by atoms with van der Waals surface area (Å²) in [6.07, 6.45) is 0.165. The van der Waals surface area contributed by atoms with Crippen LogP contribution in [0.3, 0.4) is 0 Å². The number of rotatable bonds is 5. The van der Waals surface area contributed by atoms with E-state index in [1.807, 2.05) is 24.3 Å². The van der Waals surface area contributed by atoms with Gasteiger partial charge in [-0.15, -0.1) is 0 Å². The summed E-state index contributed by atoms with van der Waals surface area (Å²) in [5, 5.41) is 3.28. The standard InChI is InChI=1S/C13H19NO3/c1-15-13-5-3-2-4-11(13)9-16-10-12-8-14-6-7-17-12/h2-5,12,14H,6-10H2,1H3.